The van der Waals surface area contributed by atoms with Gasteiger partial charge in [0, 0.05) is 59.4 Å². The lowest BCUT2D eigenvalue weighted by atomic mass is 9.85. The van der Waals surface area contributed by atoms with E-state index in [0.29, 0.717) is 0 Å². The van der Waals surface area contributed by atoms with Gasteiger partial charge in [0.1, 0.15) is 0 Å². The molecule has 0 atom stereocenters. The van der Waals surface area contributed by atoms with Gasteiger partial charge in [0.2, 0.25) is 0 Å². The van der Waals surface area contributed by atoms with Crippen LogP contribution in [0.2, 0.25) is 0 Å². The molecule has 6 heteroatoms. The Morgan fingerprint density at radius 3 is 1.45 bits per heavy atom. The first-order chi connectivity index (χ1) is 20.8. The first-order valence-electron chi connectivity index (χ1n) is 13.6. The molecule has 0 N–H and O–H groups in total. The number of hydrogen-bond acceptors (Lipinski definition) is 6. The van der Waals surface area contributed by atoms with Gasteiger partial charge in [0.15, 0.2) is 0 Å². The summed E-state index contributed by atoms with van der Waals surface area (Å²) in [5.74, 6) is 0. The molecule has 0 aliphatic heterocycles. The molecule has 0 radical (unpaired) electrons. The normalized spacial score (nSPS) is 11.3. The highest BCUT2D eigenvalue weighted by Crippen LogP contribution is 2.45. The first kappa shape index (κ1) is 24.7. The Balaban J connectivity index is 1.47. The Bertz CT molecular complexity index is 2190. The fraction of sp³-hybridized carbons (Fsp3) is 0. The first-order valence-corrected chi connectivity index (χ1v) is 15.3. The second-order valence-electron chi connectivity index (χ2n) is 10.1. The van der Waals surface area contributed by atoms with Crippen LogP contribution in [0, 0.1) is 0 Å². The Hall–Kier alpha value is -5.04. The molecule has 0 spiro atoms. The fourth-order valence-electron chi connectivity index (χ4n) is 5.75. The lowest BCUT2D eigenvalue weighted by molar-refractivity contribution is 1.33. The van der Waals surface area contributed by atoms with Gasteiger partial charge in [-0.25, -0.2) is 0 Å². The summed E-state index contributed by atoms with van der Waals surface area (Å²) in [4.78, 5) is 20.2. The molecular weight excluding hydrogens is 553 g/mol. The monoisotopic (exact) mass is 574 g/mol. The van der Waals surface area contributed by atoms with E-state index in [1.54, 1.807) is 22.7 Å². The highest BCUT2D eigenvalue weighted by Gasteiger charge is 2.19. The van der Waals surface area contributed by atoms with E-state index >= 15 is 0 Å². The fourth-order valence-corrected chi connectivity index (χ4v) is 6.96. The van der Waals surface area contributed by atoms with Gasteiger partial charge in [-0.2, -0.15) is 0 Å². The molecule has 0 saturated carbocycles. The van der Waals surface area contributed by atoms with Crippen LogP contribution in [0.25, 0.3) is 75.8 Å². The summed E-state index contributed by atoms with van der Waals surface area (Å²) in [6.45, 7) is 0. The van der Waals surface area contributed by atoms with E-state index in [4.69, 9.17) is 4.98 Å². The Morgan fingerprint density at radius 1 is 0.357 bits per heavy atom. The van der Waals surface area contributed by atoms with Crippen molar-refractivity contribution in [3.05, 3.63) is 133 Å². The minimum Gasteiger partial charge on any atom is -0.263 e. The molecule has 0 amide bonds. The molecule has 4 nitrogen and oxygen atoms in total. The van der Waals surface area contributed by atoms with Crippen LogP contribution in [-0.2, 0) is 0 Å². The zero-order chi connectivity index (χ0) is 27.9. The molecule has 8 rings (SSSR count). The van der Waals surface area contributed by atoms with Gasteiger partial charge in [-0.05, 0) is 62.0 Å². The average Bonchev–Trinajstić information content (AvgIpc) is 3.80. The van der Waals surface area contributed by atoms with Crippen molar-refractivity contribution in [1.82, 2.24) is 19.9 Å². The zero-order valence-electron chi connectivity index (χ0n) is 22.3. The topological polar surface area (TPSA) is 51.6 Å². The maximum atomic E-state index is 4.70. The van der Waals surface area contributed by atoms with Gasteiger partial charge in [-0.1, -0.05) is 66.7 Å². The van der Waals surface area contributed by atoms with Gasteiger partial charge < -0.3 is 0 Å². The van der Waals surface area contributed by atoms with E-state index in [1.807, 2.05) is 48.2 Å². The third kappa shape index (κ3) is 4.29. The summed E-state index contributed by atoms with van der Waals surface area (Å²) in [5.41, 5.74) is 12.7. The number of thiazole rings is 2. The van der Waals surface area contributed by atoms with Crippen LogP contribution >= 0.6 is 22.7 Å². The van der Waals surface area contributed by atoms with Crippen molar-refractivity contribution in [1.29, 1.82) is 0 Å². The summed E-state index contributed by atoms with van der Waals surface area (Å²) in [5, 5.41) is 4.71. The van der Waals surface area contributed by atoms with Crippen molar-refractivity contribution >= 4 is 44.2 Å². The Kier molecular flexibility index (Phi) is 6.13. The second-order valence-corrected chi connectivity index (χ2v) is 11.9. The molecule has 0 fully saturated rings. The predicted octanol–water partition coefficient (Wildman–Crippen LogP) is 10.0. The lowest BCUT2D eigenvalue weighted by Crippen LogP contribution is -1.93. The molecule has 4 heterocycles. The van der Waals surface area contributed by atoms with Crippen molar-refractivity contribution in [2.75, 3.05) is 0 Å². The molecule has 198 valence electrons. The third-order valence-corrected chi connectivity index (χ3v) is 9.26. The number of pyridine rings is 2. The van der Waals surface area contributed by atoms with Crippen LogP contribution in [0.15, 0.2) is 133 Å². The number of nitrogens with zero attached hydrogens (tertiary/aromatic N) is 4. The minimum absolute atomic E-state index is 1.07. The van der Waals surface area contributed by atoms with Crippen LogP contribution < -0.4 is 0 Å². The quantitative estimate of drug-likeness (QED) is 0.192. The minimum atomic E-state index is 1.07. The van der Waals surface area contributed by atoms with E-state index in [2.05, 4.69) is 99.9 Å². The molecule has 0 aliphatic rings. The molecule has 4 aromatic heterocycles. The molecule has 0 aliphatic carbocycles. The van der Waals surface area contributed by atoms with Crippen molar-refractivity contribution < 1.29 is 0 Å². The van der Waals surface area contributed by atoms with Gasteiger partial charge in [0.25, 0.3) is 0 Å². The molecule has 42 heavy (non-hydrogen) atoms. The zero-order valence-corrected chi connectivity index (χ0v) is 23.9. The summed E-state index contributed by atoms with van der Waals surface area (Å²) < 4.78 is 0. The Morgan fingerprint density at radius 2 is 0.881 bits per heavy atom. The average molecular weight is 575 g/mol. The number of aromatic nitrogens is 4. The number of fused-ring (bicyclic) bond motifs is 2. The van der Waals surface area contributed by atoms with Gasteiger partial charge in [-0.3, -0.25) is 19.9 Å². The van der Waals surface area contributed by atoms with Gasteiger partial charge >= 0.3 is 0 Å². The standard InChI is InChI=1S/C36H22N4S2/c1-2-6-23(7-3-1)24-10-11-31-32(14-24)36(28-13-26(16-38-18-28)34-20-40-22-42-34)30-9-5-4-8-29(30)35(31)27-12-25(15-37-17-27)33-19-39-21-41-33/h1-22H. The highest BCUT2D eigenvalue weighted by molar-refractivity contribution is 7.13. The van der Waals surface area contributed by atoms with Crippen LogP contribution in [-0.4, -0.2) is 19.9 Å². The predicted molar refractivity (Wildman–Crippen MR) is 176 cm³/mol. The van der Waals surface area contributed by atoms with Crippen molar-refractivity contribution in [2.45, 2.75) is 0 Å². The van der Waals surface area contributed by atoms with Gasteiger partial charge in [0.05, 0.1) is 20.8 Å². The molecule has 4 aromatic carbocycles. The van der Waals surface area contributed by atoms with Crippen molar-refractivity contribution in [3.63, 3.8) is 0 Å². The maximum absolute atomic E-state index is 4.70. The van der Waals surface area contributed by atoms with E-state index in [0.717, 1.165) is 32.0 Å². The molecule has 0 saturated heterocycles. The van der Waals surface area contributed by atoms with Gasteiger partial charge in [-0.15, -0.1) is 22.7 Å². The van der Waals surface area contributed by atoms with Crippen LogP contribution in [0.4, 0.5) is 0 Å². The summed E-state index contributed by atoms with van der Waals surface area (Å²) in [6, 6.07) is 30.5. The largest absolute Gasteiger partial charge is 0.263 e. The van der Waals surface area contributed by atoms with E-state index in [1.165, 1.54) is 43.8 Å². The van der Waals surface area contributed by atoms with E-state index < -0.39 is 0 Å². The summed E-state index contributed by atoms with van der Waals surface area (Å²) >= 11 is 3.25. The van der Waals surface area contributed by atoms with Crippen molar-refractivity contribution in [2.24, 2.45) is 0 Å². The lowest BCUT2D eigenvalue weighted by Gasteiger charge is -2.19. The Labute approximate surface area is 250 Å². The second kappa shape index (κ2) is 10.4. The smallest absolute Gasteiger partial charge is 0.0797 e. The molecule has 0 unspecified atom stereocenters. The van der Waals surface area contributed by atoms with Crippen LogP contribution in [0.1, 0.15) is 0 Å². The van der Waals surface area contributed by atoms with Crippen molar-refractivity contribution in [3.8, 4) is 54.3 Å². The number of hydrogen-bond donors (Lipinski definition) is 0. The SMILES string of the molecule is c1ccc(-c2ccc3c(-c4cncc(-c5cncs5)c4)c4ccccc4c(-c4cncc(-c5cncs5)c4)c3c2)cc1. The number of benzene rings is 4. The van der Waals surface area contributed by atoms with Crippen LogP contribution in [0.3, 0.4) is 0 Å². The summed E-state index contributed by atoms with van der Waals surface area (Å²) in [7, 11) is 0. The van der Waals surface area contributed by atoms with E-state index in [-0.39, 0.29) is 0 Å². The molecule has 0 bridgehead atoms. The molecule has 8 aromatic rings. The van der Waals surface area contributed by atoms with Crippen LogP contribution in [0.5, 0.6) is 0 Å². The third-order valence-electron chi connectivity index (χ3n) is 7.62. The molecular formula is C36H22N4S2. The van der Waals surface area contributed by atoms with E-state index in [9.17, 15) is 0 Å². The number of rotatable bonds is 5. The highest BCUT2D eigenvalue weighted by atomic mass is 32.1. The maximum Gasteiger partial charge on any atom is 0.0797 e. The summed E-state index contributed by atoms with van der Waals surface area (Å²) in [6.07, 6.45) is 11.6.